The van der Waals surface area contributed by atoms with Crippen LogP contribution in [0.3, 0.4) is 0 Å². The quantitative estimate of drug-likeness (QED) is 0.691. The summed E-state index contributed by atoms with van der Waals surface area (Å²) in [5.74, 6) is 0.731. The molecular weight excluding hydrogens is 360 g/mol. The summed E-state index contributed by atoms with van der Waals surface area (Å²) in [6.45, 7) is 6.69. The molecule has 7 heteroatoms. The third-order valence-corrected chi connectivity index (χ3v) is 5.38. The van der Waals surface area contributed by atoms with E-state index in [9.17, 15) is 4.79 Å². The molecule has 0 bridgehead atoms. The second kappa shape index (κ2) is 10.8. The number of hydrogen-bond acceptors (Lipinski definition) is 6. The fourth-order valence-electron chi connectivity index (χ4n) is 3.62. The maximum Gasteiger partial charge on any atom is 0.248 e. The maximum atomic E-state index is 12.5. The molecule has 3 rings (SSSR count). The van der Waals surface area contributed by atoms with E-state index in [4.69, 9.17) is 18.9 Å². The number of rotatable bonds is 9. The summed E-state index contributed by atoms with van der Waals surface area (Å²) < 4.78 is 22.0. The minimum absolute atomic E-state index is 0.0871. The van der Waals surface area contributed by atoms with Gasteiger partial charge in [-0.25, -0.2) is 0 Å². The topological polar surface area (TPSA) is 69.3 Å². The molecule has 2 aliphatic heterocycles. The monoisotopic (exact) mass is 392 g/mol. The van der Waals surface area contributed by atoms with Crippen molar-refractivity contribution in [3.8, 4) is 5.75 Å². The van der Waals surface area contributed by atoms with Gasteiger partial charge in [0.2, 0.25) is 5.91 Å². The Morgan fingerprint density at radius 3 is 2.64 bits per heavy atom. The molecule has 0 radical (unpaired) electrons. The highest BCUT2D eigenvalue weighted by molar-refractivity contribution is 5.80. The molecule has 0 saturated carbocycles. The molecule has 2 heterocycles. The molecule has 2 saturated heterocycles. The molecule has 0 spiro atoms. The summed E-state index contributed by atoms with van der Waals surface area (Å²) in [6, 6.07) is 8.12. The lowest BCUT2D eigenvalue weighted by Gasteiger charge is -2.35. The van der Waals surface area contributed by atoms with E-state index in [1.165, 1.54) is 0 Å². The Hall–Kier alpha value is -1.67. The van der Waals surface area contributed by atoms with Gasteiger partial charge in [0.1, 0.15) is 11.9 Å². The molecule has 3 atom stereocenters. The van der Waals surface area contributed by atoms with E-state index in [2.05, 4.69) is 22.3 Å². The number of benzene rings is 1. The summed E-state index contributed by atoms with van der Waals surface area (Å²) in [6.07, 6.45) is 1.70. The lowest BCUT2D eigenvalue weighted by atomic mass is 10.0. The first-order chi connectivity index (χ1) is 13.7. The smallest absolute Gasteiger partial charge is 0.248 e. The fraction of sp³-hybridized carbons (Fsp3) is 0.667. The number of amides is 1. The molecule has 2 aliphatic rings. The SMILES string of the molecule is COc1ccc(C(CNC(=O)C(C)OCC2CCCO2)N2CCOCC2)cc1. The van der Waals surface area contributed by atoms with Gasteiger partial charge in [0, 0.05) is 26.2 Å². The van der Waals surface area contributed by atoms with E-state index in [1.54, 1.807) is 14.0 Å². The van der Waals surface area contributed by atoms with Gasteiger partial charge in [-0.05, 0) is 37.5 Å². The van der Waals surface area contributed by atoms with Crippen molar-refractivity contribution in [3.05, 3.63) is 29.8 Å². The van der Waals surface area contributed by atoms with Crippen LogP contribution in [-0.2, 0) is 19.0 Å². The lowest BCUT2D eigenvalue weighted by molar-refractivity contribution is -0.134. The number of nitrogens with zero attached hydrogens (tertiary/aromatic N) is 1. The zero-order valence-corrected chi connectivity index (χ0v) is 16.9. The maximum absolute atomic E-state index is 12.5. The average Bonchev–Trinajstić information content (AvgIpc) is 3.27. The average molecular weight is 392 g/mol. The van der Waals surface area contributed by atoms with E-state index in [1.807, 2.05) is 12.1 Å². The molecule has 1 amide bonds. The molecule has 7 nitrogen and oxygen atoms in total. The van der Waals surface area contributed by atoms with Crippen LogP contribution in [0.5, 0.6) is 5.75 Å². The van der Waals surface area contributed by atoms with E-state index in [0.717, 1.165) is 43.9 Å². The molecule has 156 valence electrons. The number of ether oxygens (including phenoxy) is 4. The highest BCUT2D eigenvalue weighted by atomic mass is 16.5. The van der Waals surface area contributed by atoms with Crippen molar-refractivity contribution in [3.63, 3.8) is 0 Å². The van der Waals surface area contributed by atoms with Crippen LogP contribution in [0.4, 0.5) is 0 Å². The van der Waals surface area contributed by atoms with Gasteiger partial charge in [0.25, 0.3) is 0 Å². The third-order valence-electron chi connectivity index (χ3n) is 5.38. The number of methoxy groups -OCH3 is 1. The Labute approximate surface area is 167 Å². The van der Waals surface area contributed by atoms with Crippen molar-refractivity contribution in [2.45, 2.75) is 38.0 Å². The van der Waals surface area contributed by atoms with Gasteiger partial charge in [0.05, 0.1) is 39.1 Å². The van der Waals surface area contributed by atoms with Gasteiger partial charge in [-0.2, -0.15) is 0 Å². The van der Waals surface area contributed by atoms with Crippen molar-refractivity contribution in [1.82, 2.24) is 10.2 Å². The van der Waals surface area contributed by atoms with E-state index < -0.39 is 6.10 Å². The molecule has 0 aromatic heterocycles. The first kappa shape index (κ1) is 21.0. The van der Waals surface area contributed by atoms with Gasteiger partial charge >= 0.3 is 0 Å². The predicted octanol–water partition coefficient (Wildman–Crippen LogP) is 1.77. The van der Waals surface area contributed by atoms with Crippen molar-refractivity contribution in [1.29, 1.82) is 0 Å². The number of morpholine rings is 1. The summed E-state index contributed by atoms with van der Waals surface area (Å²) in [4.78, 5) is 14.9. The predicted molar refractivity (Wildman–Crippen MR) is 106 cm³/mol. The Morgan fingerprint density at radius 2 is 2.00 bits per heavy atom. The normalized spacial score (nSPS) is 22.6. The van der Waals surface area contributed by atoms with E-state index in [-0.39, 0.29) is 18.1 Å². The minimum Gasteiger partial charge on any atom is -0.497 e. The van der Waals surface area contributed by atoms with Crippen molar-refractivity contribution < 1.29 is 23.7 Å². The summed E-state index contributed by atoms with van der Waals surface area (Å²) in [5, 5.41) is 3.06. The molecule has 1 aromatic carbocycles. The van der Waals surface area contributed by atoms with E-state index >= 15 is 0 Å². The van der Waals surface area contributed by atoms with Crippen molar-refractivity contribution in [2.75, 3.05) is 53.2 Å². The Bertz CT molecular complexity index is 597. The Kier molecular flexibility index (Phi) is 8.09. The van der Waals surface area contributed by atoms with Crippen LogP contribution in [0.1, 0.15) is 31.4 Å². The number of carbonyl (C=O) groups excluding carboxylic acids is 1. The number of nitrogens with one attached hydrogen (secondary N) is 1. The van der Waals surface area contributed by atoms with Crippen molar-refractivity contribution >= 4 is 5.91 Å². The van der Waals surface area contributed by atoms with Gasteiger partial charge in [-0.1, -0.05) is 12.1 Å². The van der Waals surface area contributed by atoms with Crippen LogP contribution in [0.25, 0.3) is 0 Å². The molecular formula is C21H32N2O5. The van der Waals surface area contributed by atoms with Gasteiger partial charge in [-0.15, -0.1) is 0 Å². The highest BCUT2D eigenvalue weighted by Crippen LogP contribution is 2.23. The van der Waals surface area contributed by atoms with Crippen molar-refractivity contribution in [2.24, 2.45) is 0 Å². The Morgan fingerprint density at radius 1 is 1.25 bits per heavy atom. The summed E-state index contributed by atoms with van der Waals surface area (Å²) >= 11 is 0. The van der Waals surface area contributed by atoms with Crippen LogP contribution in [0.15, 0.2) is 24.3 Å². The van der Waals surface area contributed by atoms with Gasteiger partial charge < -0.3 is 24.3 Å². The molecule has 1 N–H and O–H groups in total. The molecule has 0 aliphatic carbocycles. The van der Waals surface area contributed by atoms with Crippen LogP contribution in [0.2, 0.25) is 0 Å². The second-order valence-electron chi connectivity index (χ2n) is 7.29. The molecule has 2 fully saturated rings. The third kappa shape index (κ3) is 5.91. The second-order valence-corrected chi connectivity index (χ2v) is 7.29. The summed E-state index contributed by atoms with van der Waals surface area (Å²) in [5.41, 5.74) is 1.15. The first-order valence-corrected chi connectivity index (χ1v) is 10.1. The lowest BCUT2D eigenvalue weighted by Crippen LogP contribution is -2.45. The fourth-order valence-corrected chi connectivity index (χ4v) is 3.62. The van der Waals surface area contributed by atoms with Crippen LogP contribution in [-0.4, -0.2) is 76.2 Å². The zero-order valence-electron chi connectivity index (χ0n) is 16.9. The highest BCUT2D eigenvalue weighted by Gasteiger charge is 2.25. The van der Waals surface area contributed by atoms with Crippen LogP contribution >= 0.6 is 0 Å². The van der Waals surface area contributed by atoms with Gasteiger partial charge in [0.15, 0.2) is 0 Å². The summed E-state index contributed by atoms with van der Waals surface area (Å²) in [7, 11) is 1.66. The standard InChI is InChI=1S/C21H32N2O5/c1-16(28-15-19-4-3-11-27-19)21(24)22-14-20(23-9-12-26-13-10-23)17-5-7-18(25-2)8-6-17/h5-8,16,19-20H,3-4,9-15H2,1-2H3,(H,22,24). The first-order valence-electron chi connectivity index (χ1n) is 10.1. The molecule has 3 unspecified atom stereocenters. The van der Waals surface area contributed by atoms with Gasteiger partial charge in [-0.3, -0.25) is 9.69 Å². The molecule has 28 heavy (non-hydrogen) atoms. The van der Waals surface area contributed by atoms with Crippen LogP contribution in [0, 0.1) is 0 Å². The number of hydrogen-bond donors (Lipinski definition) is 1. The minimum atomic E-state index is -0.495. The van der Waals surface area contributed by atoms with Crippen LogP contribution < -0.4 is 10.1 Å². The van der Waals surface area contributed by atoms with E-state index in [0.29, 0.717) is 26.4 Å². The largest absolute Gasteiger partial charge is 0.497 e. The Balaban J connectivity index is 1.55. The molecule has 1 aromatic rings. The number of carbonyl (C=O) groups is 1. The zero-order chi connectivity index (χ0) is 19.8.